The number of hydrogen-bond acceptors (Lipinski definition) is 3. The van der Waals surface area contributed by atoms with Gasteiger partial charge in [0, 0.05) is 12.1 Å². The molecule has 6 unspecified atom stereocenters. The van der Waals surface area contributed by atoms with Crippen LogP contribution in [-0.4, -0.2) is 17.7 Å². The molecule has 5 aliphatic rings. The minimum atomic E-state index is -0.204. The first-order valence-corrected chi connectivity index (χ1v) is 10.6. The lowest BCUT2D eigenvalue weighted by atomic mass is 9.63. The van der Waals surface area contributed by atoms with Crippen LogP contribution in [0.5, 0.6) is 0 Å². The van der Waals surface area contributed by atoms with Crippen LogP contribution in [0.4, 0.5) is 5.69 Å². The van der Waals surface area contributed by atoms with Gasteiger partial charge >= 0.3 is 0 Å². The van der Waals surface area contributed by atoms with Gasteiger partial charge in [0.05, 0.1) is 17.5 Å². The highest BCUT2D eigenvalue weighted by molar-refractivity contribution is 6.22. The van der Waals surface area contributed by atoms with Crippen molar-refractivity contribution in [1.29, 1.82) is 0 Å². The Hall–Kier alpha value is -3.21. The molecule has 30 heavy (non-hydrogen) atoms. The Morgan fingerprint density at radius 1 is 0.867 bits per heavy atom. The van der Waals surface area contributed by atoms with Crippen LogP contribution >= 0.6 is 0 Å². The topological polar surface area (TPSA) is 66.5 Å². The minimum absolute atomic E-state index is 0.0732. The summed E-state index contributed by atoms with van der Waals surface area (Å²) in [5, 5.41) is 2.90. The number of amides is 3. The van der Waals surface area contributed by atoms with Crippen LogP contribution in [0.2, 0.25) is 0 Å². The summed E-state index contributed by atoms with van der Waals surface area (Å²) >= 11 is 0. The second kappa shape index (κ2) is 6.39. The Labute approximate surface area is 174 Å². The predicted octanol–water partition coefficient (Wildman–Crippen LogP) is 3.17. The number of hydrogen-bond donors (Lipinski definition) is 1. The van der Waals surface area contributed by atoms with E-state index < -0.39 is 0 Å². The van der Waals surface area contributed by atoms with Gasteiger partial charge in [0.25, 0.3) is 5.91 Å². The van der Waals surface area contributed by atoms with E-state index in [0.29, 0.717) is 29.6 Å². The Kier molecular flexibility index (Phi) is 3.76. The summed E-state index contributed by atoms with van der Waals surface area (Å²) in [6.07, 6.45) is 5.51. The first kappa shape index (κ1) is 17.6. The van der Waals surface area contributed by atoms with Gasteiger partial charge in [-0.05, 0) is 59.9 Å². The van der Waals surface area contributed by atoms with E-state index in [0.717, 1.165) is 12.0 Å². The number of rotatable bonds is 4. The third-order valence-corrected chi connectivity index (χ3v) is 7.35. The average molecular weight is 398 g/mol. The number of carbonyl (C=O) groups is 3. The number of allylic oxidation sites excluding steroid dienone is 2. The lowest BCUT2D eigenvalue weighted by Crippen LogP contribution is -2.40. The zero-order valence-electron chi connectivity index (χ0n) is 16.4. The Morgan fingerprint density at radius 2 is 1.47 bits per heavy atom. The van der Waals surface area contributed by atoms with Crippen molar-refractivity contribution in [3.05, 3.63) is 77.9 Å². The van der Waals surface area contributed by atoms with Gasteiger partial charge in [-0.3, -0.25) is 19.3 Å². The molecule has 2 saturated carbocycles. The molecule has 7 rings (SSSR count). The van der Waals surface area contributed by atoms with Crippen LogP contribution in [0.3, 0.4) is 0 Å². The molecule has 1 aliphatic heterocycles. The summed E-state index contributed by atoms with van der Waals surface area (Å²) in [7, 11) is 0. The van der Waals surface area contributed by atoms with E-state index in [4.69, 9.17) is 0 Å². The van der Waals surface area contributed by atoms with Crippen LogP contribution < -0.4 is 10.2 Å². The van der Waals surface area contributed by atoms with Crippen molar-refractivity contribution < 1.29 is 14.4 Å². The normalized spacial score (nSPS) is 32.7. The van der Waals surface area contributed by atoms with E-state index in [9.17, 15) is 14.4 Å². The lowest BCUT2D eigenvalue weighted by Gasteiger charge is -2.37. The maximum absolute atomic E-state index is 13.2. The van der Waals surface area contributed by atoms with Crippen LogP contribution in [0.15, 0.2) is 66.7 Å². The van der Waals surface area contributed by atoms with Crippen molar-refractivity contribution in [1.82, 2.24) is 5.32 Å². The van der Waals surface area contributed by atoms with Gasteiger partial charge < -0.3 is 5.32 Å². The molecule has 3 amide bonds. The molecule has 2 bridgehead atoms. The van der Waals surface area contributed by atoms with Gasteiger partial charge in [-0.25, -0.2) is 0 Å². The molecule has 2 aromatic rings. The van der Waals surface area contributed by atoms with Gasteiger partial charge in [0.15, 0.2) is 0 Å². The number of benzene rings is 2. The van der Waals surface area contributed by atoms with E-state index in [-0.39, 0.29) is 41.4 Å². The third kappa shape index (κ3) is 2.51. The van der Waals surface area contributed by atoms with Gasteiger partial charge in [-0.2, -0.15) is 0 Å². The molecular formula is C25H22N2O3. The molecule has 150 valence electrons. The van der Waals surface area contributed by atoms with Crippen molar-refractivity contribution in [2.75, 3.05) is 4.90 Å². The molecule has 6 atom stereocenters. The molecule has 1 saturated heterocycles. The standard InChI is InChI=1S/C25H22N2O3/c28-23(26-13-14-4-2-1-3-5-14)15-6-8-16(9-7-15)27-24(29)21-17-10-11-18(20-12-19(17)20)22(21)25(27)30/h1-11,17-22H,12-13H2,(H,26,28). The summed E-state index contributed by atoms with van der Waals surface area (Å²) in [4.78, 5) is 40.2. The van der Waals surface area contributed by atoms with Crippen molar-refractivity contribution in [2.45, 2.75) is 13.0 Å². The maximum Gasteiger partial charge on any atom is 0.251 e. The zero-order chi connectivity index (χ0) is 20.4. The fraction of sp³-hybridized carbons (Fsp3) is 0.320. The molecule has 0 radical (unpaired) electrons. The summed E-state index contributed by atoms with van der Waals surface area (Å²) in [5.74, 6) is 0.883. The van der Waals surface area contributed by atoms with E-state index >= 15 is 0 Å². The molecule has 0 spiro atoms. The Bertz CT molecular complexity index is 1040. The fourth-order valence-corrected chi connectivity index (χ4v) is 5.85. The summed E-state index contributed by atoms with van der Waals surface area (Å²) in [6.45, 7) is 0.450. The molecule has 4 aliphatic carbocycles. The third-order valence-electron chi connectivity index (χ3n) is 7.35. The van der Waals surface area contributed by atoms with E-state index in [1.165, 1.54) is 4.90 Å². The quantitative estimate of drug-likeness (QED) is 0.635. The summed E-state index contributed by atoms with van der Waals surface area (Å²) in [5.41, 5.74) is 2.10. The molecule has 2 aromatic carbocycles. The van der Waals surface area contributed by atoms with Crippen molar-refractivity contribution >= 4 is 23.4 Å². The average Bonchev–Trinajstić information content (AvgIpc) is 3.56. The van der Waals surface area contributed by atoms with Crippen LogP contribution in [0.1, 0.15) is 22.3 Å². The van der Waals surface area contributed by atoms with Crippen LogP contribution in [-0.2, 0) is 16.1 Å². The Balaban J connectivity index is 1.19. The number of carbonyl (C=O) groups excluding carboxylic acids is 3. The van der Waals surface area contributed by atoms with Gasteiger partial charge in [-0.15, -0.1) is 0 Å². The SMILES string of the molecule is O=C(NCc1ccccc1)c1ccc(N2C(=O)C3C4C=CC(C5CC45)C3C2=O)cc1. The van der Waals surface area contributed by atoms with Gasteiger partial charge in [-0.1, -0.05) is 42.5 Å². The second-order valence-corrected chi connectivity index (χ2v) is 8.88. The van der Waals surface area contributed by atoms with Crippen LogP contribution in [0.25, 0.3) is 0 Å². The first-order chi connectivity index (χ1) is 14.6. The van der Waals surface area contributed by atoms with Crippen LogP contribution in [0, 0.1) is 35.5 Å². The lowest BCUT2D eigenvalue weighted by molar-refractivity contribution is -0.124. The molecular weight excluding hydrogens is 376 g/mol. The van der Waals surface area contributed by atoms with Gasteiger partial charge in [0.2, 0.25) is 11.8 Å². The number of nitrogens with zero attached hydrogens (tertiary/aromatic N) is 1. The van der Waals surface area contributed by atoms with Crippen molar-refractivity contribution in [3.8, 4) is 0 Å². The summed E-state index contributed by atoms with van der Waals surface area (Å²) < 4.78 is 0. The smallest absolute Gasteiger partial charge is 0.251 e. The molecule has 1 heterocycles. The summed E-state index contributed by atoms with van der Waals surface area (Å²) in [6, 6.07) is 16.5. The second-order valence-electron chi connectivity index (χ2n) is 8.88. The first-order valence-electron chi connectivity index (χ1n) is 10.6. The zero-order valence-corrected chi connectivity index (χ0v) is 16.4. The largest absolute Gasteiger partial charge is 0.348 e. The maximum atomic E-state index is 13.2. The molecule has 0 aromatic heterocycles. The van der Waals surface area contributed by atoms with E-state index in [1.807, 2.05) is 30.3 Å². The fourth-order valence-electron chi connectivity index (χ4n) is 5.85. The highest BCUT2D eigenvalue weighted by Crippen LogP contribution is 2.65. The molecule has 5 nitrogen and oxygen atoms in total. The Morgan fingerprint density at radius 3 is 2.07 bits per heavy atom. The van der Waals surface area contributed by atoms with E-state index in [1.54, 1.807) is 24.3 Å². The predicted molar refractivity (Wildman–Crippen MR) is 111 cm³/mol. The van der Waals surface area contributed by atoms with E-state index in [2.05, 4.69) is 17.5 Å². The highest BCUT2D eigenvalue weighted by atomic mass is 16.2. The minimum Gasteiger partial charge on any atom is -0.348 e. The molecule has 3 fully saturated rings. The monoisotopic (exact) mass is 398 g/mol. The molecule has 5 heteroatoms. The van der Waals surface area contributed by atoms with Crippen molar-refractivity contribution in [2.24, 2.45) is 35.5 Å². The number of imide groups is 1. The molecule has 1 N–H and O–H groups in total. The highest BCUT2D eigenvalue weighted by Gasteiger charge is 2.67. The number of nitrogens with one attached hydrogen (secondary N) is 1. The van der Waals surface area contributed by atoms with Crippen molar-refractivity contribution in [3.63, 3.8) is 0 Å². The number of anilines is 1. The van der Waals surface area contributed by atoms with Gasteiger partial charge in [0.1, 0.15) is 0 Å².